The highest BCUT2D eigenvalue weighted by molar-refractivity contribution is 7.98. The molecule has 0 heterocycles. The van der Waals surface area contributed by atoms with E-state index in [2.05, 4.69) is 22.8 Å². The normalized spacial score (nSPS) is 16.5. The van der Waals surface area contributed by atoms with Gasteiger partial charge in [0, 0.05) is 5.92 Å². The summed E-state index contributed by atoms with van der Waals surface area (Å²) in [6.07, 6.45) is 4.15. The molecule has 34 heavy (non-hydrogen) atoms. The third kappa shape index (κ3) is 5.22. The van der Waals surface area contributed by atoms with Gasteiger partial charge in [-0.3, -0.25) is 4.79 Å². The fourth-order valence-electron chi connectivity index (χ4n) is 4.70. The van der Waals surface area contributed by atoms with Crippen LogP contribution >= 0.6 is 11.8 Å². The van der Waals surface area contributed by atoms with Gasteiger partial charge in [0.2, 0.25) is 5.91 Å². The van der Waals surface area contributed by atoms with E-state index in [-0.39, 0.29) is 18.4 Å². The summed E-state index contributed by atoms with van der Waals surface area (Å²) in [5, 5.41) is 14.8. The average Bonchev–Trinajstić information content (AvgIpc) is 3.12. The van der Waals surface area contributed by atoms with Crippen LogP contribution in [0.3, 0.4) is 0 Å². The number of aliphatic carboxylic acids is 1. The molecule has 0 saturated heterocycles. The predicted octanol–water partition coefficient (Wildman–Crippen LogP) is 4.02. The van der Waals surface area contributed by atoms with Gasteiger partial charge in [-0.1, -0.05) is 55.0 Å². The lowest BCUT2D eigenvalue weighted by molar-refractivity contribution is -0.144. The van der Waals surface area contributed by atoms with Gasteiger partial charge in [0.25, 0.3) is 0 Å². The van der Waals surface area contributed by atoms with Gasteiger partial charge in [0.1, 0.15) is 18.7 Å². The molecule has 2 unspecified atom stereocenters. The number of rotatable bonds is 10. The Balaban J connectivity index is 1.39. The van der Waals surface area contributed by atoms with Gasteiger partial charge in [-0.15, -0.1) is 0 Å². The van der Waals surface area contributed by atoms with Gasteiger partial charge in [-0.2, -0.15) is 11.8 Å². The summed E-state index contributed by atoms with van der Waals surface area (Å²) < 4.78 is 5.58. The summed E-state index contributed by atoms with van der Waals surface area (Å²) >= 11 is 1.55. The Hall–Kier alpha value is -3.00. The summed E-state index contributed by atoms with van der Waals surface area (Å²) in [7, 11) is 0. The SMILES string of the molecule is CSCCC(NC(=O)OCC1c2ccccc2-c2ccccc21)C(=O)NC(C(=O)O)C1CCC1. The number of alkyl carbamates (subject to hydrolysis) is 1. The first-order valence-electron chi connectivity index (χ1n) is 11.6. The second-order valence-electron chi connectivity index (χ2n) is 8.82. The maximum Gasteiger partial charge on any atom is 0.407 e. The van der Waals surface area contributed by atoms with Crippen LogP contribution in [0.1, 0.15) is 42.7 Å². The molecule has 3 N–H and O–H groups in total. The van der Waals surface area contributed by atoms with Crippen molar-refractivity contribution in [3.05, 3.63) is 59.7 Å². The molecule has 2 aromatic rings. The van der Waals surface area contributed by atoms with Gasteiger partial charge in [0.15, 0.2) is 0 Å². The van der Waals surface area contributed by atoms with Crippen LogP contribution in [0.15, 0.2) is 48.5 Å². The maximum atomic E-state index is 12.9. The lowest BCUT2D eigenvalue weighted by Crippen LogP contribution is -2.55. The van der Waals surface area contributed by atoms with Crippen molar-refractivity contribution in [1.29, 1.82) is 0 Å². The van der Waals surface area contributed by atoms with Crippen molar-refractivity contribution in [1.82, 2.24) is 10.6 Å². The fraction of sp³-hybridized carbons (Fsp3) is 0.423. The molecule has 2 aliphatic rings. The standard InChI is InChI=1S/C26H30N2O5S/c1-34-14-13-22(24(29)28-23(25(30)31)16-7-6-8-16)27-26(32)33-15-21-19-11-4-2-9-17(19)18-10-3-5-12-20(18)21/h2-5,9-12,16,21-23H,6-8,13-15H2,1H3,(H,27,32)(H,28,29)(H,30,31). The van der Waals surface area contributed by atoms with Crippen LogP contribution in [0.2, 0.25) is 0 Å². The van der Waals surface area contributed by atoms with E-state index >= 15 is 0 Å². The Morgan fingerprint density at radius 2 is 1.65 bits per heavy atom. The topological polar surface area (TPSA) is 105 Å². The molecule has 180 valence electrons. The zero-order chi connectivity index (χ0) is 24.1. The molecule has 2 amide bonds. The van der Waals surface area contributed by atoms with E-state index in [9.17, 15) is 19.5 Å². The molecule has 1 fully saturated rings. The summed E-state index contributed by atoms with van der Waals surface area (Å²) in [6.45, 7) is 0.149. The Bertz CT molecular complexity index is 1010. The molecule has 0 spiro atoms. The predicted molar refractivity (Wildman–Crippen MR) is 132 cm³/mol. The number of carboxylic acids is 1. The Morgan fingerprint density at radius 3 is 2.18 bits per heavy atom. The highest BCUT2D eigenvalue weighted by Gasteiger charge is 2.36. The molecule has 0 radical (unpaired) electrons. The van der Waals surface area contributed by atoms with Crippen LogP contribution in [0, 0.1) is 5.92 Å². The third-order valence-electron chi connectivity index (χ3n) is 6.75. The van der Waals surface area contributed by atoms with Crippen LogP contribution in [-0.4, -0.2) is 53.8 Å². The maximum absolute atomic E-state index is 12.9. The van der Waals surface area contributed by atoms with Crippen molar-refractivity contribution in [3.8, 4) is 11.1 Å². The van der Waals surface area contributed by atoms with E-state index in [0.29, 0.717) is 12.2 Å². The van der Waals surface area contributed by atoms with E-state index < -0.39 is 30.1 Å². The number of carbonyl (C=O) groups excluding carboxylic acids is 2. The van der Waals surface area contributed by atoms with Crippen molar-refractivity contribution >= 4 is 29.7 Å². The Labute approximate surface area is 203 Å². The lowest BCUT2D eigenvalue weighted by atomic mass is 9.79. The Kier molecular flexibility index (Phi) is 7.77. The molecule has 0 aromatic heterocycles. The molecule has 2 aromatic carbocycles. The van der Waals surface area contributed by atoms with E-state index in [1.165, 1.54) is 0 Å². The monoisotopic (exact) mass is 482 g/mol. The van der Waals surface area contributed by atoms with Crippen LogP contribution < -0.4 is 10.6 Å². The molecule has 0 bridgehead atoms. The summed E-state index contributed by atoms with van der Waals surface area (Å²) in [5.41, 5.74) is 4.50. The van der Waals surface area contributed by atoms with Crippen LogP contribution in [-0.2, 0) is 14.3 Å². The highest BCUT2D eigenvalue weighted by Crippen LogP contribution is 2.44. The van der Waals surface area contributed by atoms with Crippen LogP contribution in [0.4, 0.5) is 4.79 Å². The first-order valence-corrected chi connectivity index (χ1v) is 13.0. The van der Waals surface area contributed by atoms with Crippen molar-refractivity contribution in [2.45, 2.75) is 43.7 Å². The minimum absolute atomic E-state index is 0.0582. The molecule has 4 rings (SSSR count). The summed E-state index contributed by atoms with van der Waals surface area (Å²) in [6, 6.07) is 14.4. The number of hydrogen-bond acceptors (Lipinski definition) is 5. The van der Waals surface area contributed by atoms with Crippen LogP contribution in [0.5, 0.6) is 0 Å². The first-order chi connectivity index (χ1) is 16.5. The molecule has 2 atom stereocenters. The van der Waals surface area contributed by atoms with Gasteiger partial charge in [0.05, 0.1) is 0 Å². The first kappa shape index (κ1) is 24.1. The third-order valence-corrected chi connectivity index (χ3v) is 7.39. The van der Waals surface area contributed by atoms with E-state index in [1.54, 1.807) is 11.8 Å². The highest BCUT2D eigenvalue weighted by atomic mass is 32.2. The minimum atomic E-state index is -1.04. The van der Waals surface area contributed by atoms with Gasteiger partial charge >= 0.3 is 12.1 Å². The quantitative estimate of drug-likeness (QED) is 0.473. The smallest absolute Gasteiger partial charge is 0.407 e. The zero-order valence-corrected chi connectivity index (χ0v) is 20.0. The zero-order valence-electron chi connectivity index (χ0n) is 19.2. The summed E-state index contributed by atoms with van der Waals surface area (Å²) in [4.78, 5) is 37.2. The number of carboxylic acid groups (broad SMARTS) is 1. The van der Waals surface area contributed by atoms with Gasteiger partial charge < -0.3 is 20.5 Å². The van der Waals surface area contributed by atoms with Gasteiger partial charge in [-0.05, 0) is 59.4 Å². The van der Waals surface area contributed by atoms with Crippen molar-refractivity contribution in [2.75, 3.05) is 18.6 Å². The minimum Gasteiger partial charge on any atom is -0.480 e. The molecule has 0 aliphatic heterocycles. The van der Waals surface area contributed by atoms with Crippen molar-refractivity contribution in [3.63, 3.8) is 0 Å². The lowest BCUT2D eigenvalue weighted by Gasteiger charge is -2.32. The van der Waals surface area contributed by atoms with Crippen molar-refractivity contribution in [2.24, 2.45) is 5.92 Å². The molecule has 8 heteroatoms. The molecule has 2 aliphatic carbocycles. The summed E-state index contributed by atoms with van der Waals surface area (Å²) in [5.74, 6) is -1.02. The largest absolute Gasteiger partial charge is 0.480 e. The molecular formula is C26H30N2O5S. The fourth-order valence-corrected chi connectivity index (χ4v) is 5.17. The number of thioether (sulfide) groups is 1. The number of benzene rings is 2. The van der Waals surface area contributed by atoms with Crippen LogP contribution in [0.25, 0.3) is 11.1 Å². The van der Waals surface area contributed by atoms with E-state index in [1.807, 2.05) is 42.7 Å². The number of ether oxygens (including phenoxy) is 1. The van der Waals surface area contributed by atoms with Crippen molar-refractivity contribution < 1.29 is 24.2 Å². The molecule has 1 saturated carbocycles. The number of carbonyl (C=O) groups is 3. The second kappa shape index (κ2) is 11.0. The Morgan fingerprint density at radius 1 is 1.03 bits per heavy atom. The number of hydrogen-bond donors (Lipinski definition) is 3. The van der Waals surface area contributed by atoms with Gasteiger partial charge in [-0.25, -0.2) is 9.59 Å². The molecular weight excluding hydrogens is 452 g/mol. The average molecular weight is 483 g/mol. The second-order valence-corrected chi connectivity index (χ2v) is 9.81. The number of fused-ring (bicyclic) bond motifs is 3. The van der Waals surface area contributed by atoms with E-state index in [0.717, 1.165) is 41.5 Å². The number of amides is 2. The number of nitrogens with one attached hydrogen (secondary N) is 2. The van der Waals surface area contributed by atoms with E-state index in [4.69, 9.17) is 4.74 Å². The molecule has 7 nitrogen and oxygen atoms in total.